The monoisotopic (exact) mass is 322 g/mol. The number of benzene rings is 2. The minimum absolute atomic E-state index is 0.142. The third kappa shape index (κ3) is 3.64. The van der Waals surface area contributed by atoms with Crippen LogP contribution >= 0.6 is 15.9 Å². The number of ether oxygens (including phenoxy) is 1. The fourth-order valence-electron chi connectivity index (χ4n) is 1.65. The fraction of sp³-hybridized carbons (Fsp3) is 0.133. The molecule has 0 amide bonds. The Morgan fingerprint density at radius 3 is 2.53 bits per heavy atom. The SMILES string of the molecule is CC(Oc1cccc(F)c1)C(=O)c1ccc(Br)cc1. The van der Waals surface area contributed by atoms with Crippen LogP contribution < -0.4 is 4.74 Å². The number of carbonyl (C=O) groups is 1. The molecule has 0 N–H and O–H groups in total. The molecule has 0 bridgehead atoms. The molecule has 0 aliphatic rings. The van der Waals surface area contributed by atoms with E-state index in [1.54, 1.807) is 43.3 Å². The maximum atomic E-state index is 13.0. The van der Waals surface area contributed by atoms with E-state index in [4.69, 9.17) is 4.74 Å². The standard InChI is InChI=1S/C15H12BrFO2/c1-10(19-14-4-2-3-13(17)9-14)15(18)11-5-7-12(16)8-6-11/h2-10H,1H3. The second kappa shape index (κ2) is 5.97. The molecule has 0 saturated heterocycles. The lowest BCUT2D eigenvalue weighted by atomic mass is 10.1. The van der Waals surface area contributed by atoms with Crippen LogP contribution in [0.1, 0.15) is 17.3 Å². The number of hydrogen-bond donors (Lipinski definition) is 0. The summed E-state index contributed by atoms with van der Waals surface area (Å²) >= 11 is 3.31. The topological polar surface area (TPSA) is 26.3 Å². The maximum Gasteiger partial charge on any atom is 0.202 e. The summed E-state index contributed by atoms with van der Waals surface area (Å²) in [7, 11) is 0. The van der Waals surface area contributed by atoms with E-state index in [0.717, 1.165) is 4.47 Å². The lowest BCUT2D eigenvalue weighted by Crippen LogP contribution is -2.23. The highest BCUT2D eigenvalue weighted by atomic mass is 79.9. The maximum absolute atomic E-state index is 13.0. The number of ketones is 1. The molecule has 98 valence electrons. The quantitative estimate of drug-likeness (QED) is 0.787. The Labute approximate surface area is 119 Å². The van der Waals surface area contributed by atoms with Crippen LogP contribution in [0.4, 0.5) is 4.39 Å². The van der Waals surface area contributed by atoms with Gasteiger partial charge in [0, 0.05) is 16.1 Å². The van der Waals surface area contributed by atoms with Gasteiger partial charge in [-0.2, -0.15) is 0 Å². The Morgan fingerprint density at radius 2 is 1.89 bits per heavy atom. The summed E-state index contributed by atoms with van der Waals surface area (Å²) in [5, 5.41) is 0. The molecule has 0 aromatic heterocycles. The minimum atomic E-state index is -0.664. The second-order valence-corrected chi connectivity index (χ2v) is 5.00. The van der Waals surface area contributed by atoms with Gasteiger partial charge in [0.15, 0.2) is 6.10 Å². The smallest absolute Gasteiger partial charge is 0.202 e. The average molecular weight is 323 g/mol. The van der Waals surface area contributed by atoms with E-state index in [2.05, 4.69) is 15.9 Å². The Balaban J connectivity index is 2.09. The van der Waals surface area contributed by atoms with Gasteiger partial charge >= 0.3 is 0 Å². The molecule has 0 aliphatic carbocycles. The Kier molecular flexibility index (Phi) is 4.32. The van der Waals surface area contributed by atoms with Crippen molar-refractivity contribution in [3.63, 3.8) is 0 Å². The summed E-state index contributed by atoms with van der Waals surface area (Å²) in [5.74, 6) is -0.185. The van der Waals surface area contributed by atoms with Crippen LogP contribution in [-0.2, 0) is 0 Å². The predicted molar refractivity (Wildman–Crippen MR) is 75.0 cm³/mol. The van der Waals surface area contributed by atoms with Gasteiger partial charge < -0.3 is 4.74 Å². The van der Waals surface area contributed by atoms with Crippen molar-refractivity contribution in [3.8, 4) is 5.75 Å². The molecule has 0 spiro atoms. The zero-order valence-corrected chi connectivity index (χ0v) is 11.9. The van der Waals surface area contributed by atoms with E-state index in [1.807, 2.05) is 0 Å². The second-order valence-electron chi connectivity index (χ2n) is 4.09. The highest BCUT2D eigenvalue weighted by molar-refractivity contribution is 9.10. The predicted octanol–water partition coefficient (Wildman–Crippen LogP) is 4.24. The first-order valence-corrected chi connectivity index (χ1v) is 6.57. The van der Waals surface area contributed by atoms with Gasteiger partial charge in [-0.25, -0.2) is 4.39 Å². The first kappa shape index (κ1) is 13.7. The van der Waals surface area contributed by atoms with E-state index < -0.39 is 6.10 Å². The summed E-state index contributed by atoms with van der Waals surface area (Å²) in [6.07, 6.45) is -0.664. The van der Waals surface area contributed by atoms with Crippen molar-refractivity contribution in [2.45, 2.75) is 13.0 Å². The van der Waals surface area contributed by atoms with E-state index in [0.29, 0.717) is 11.3 Å². The Hall–Kier alpha value is -1.68. The summed E-state index contributed by atoms with van der Waals surface area (Å²) in [6, 6.07) is 12.8. The Bertz CT molecular complexity index is 581. The summed E-state index contributed by atoms with van der Waals surface area (Å²) in [6.45, 7) is 1.65. The van der Waals surface area contributed by atoms with Gasteiger partial charge in [-0.15, -0.1) is 0 Å². The largest absolute Gasteiger partial charge is 0.482 e. The number of rotatable bonds is 4. The molecule has 2 aromatic carbocycles. The molecule has 0 saturated carbocycles. The van der Waals surface area contributed by atoms with E-state index in [1.165, 1.54) is 12.1 Å². The van der Waals surface area contributed by atoms with Gasteiger partial charge in [-0.05, 0) is 31.2 Å². The van der Waals surface area contributed by atoms with Crippen molar-refractivity contribution in [3.05, 3.63) is 64.4 Å². The van der Waals surface area contributed by atoms with Crippen molar-refractivity contribution >= 4 is 21.7 Å². The summed E-state index contributed by atoms with van der Waals surface area (Å²) < 4.78 is 19.4. The van der Waals surface area contributed by atoms with Gasteiger partial charge in [0.25, 0.3) is 0 Å². The normalized spacial score (nSPS) is 11.9. The average Bonchev–Trinajstić information content (AvgIpc) is 2.39. The molecule has 2 rings (SSSR count). The third-order valence-corrected chi connectivity index (χ3v) is 3.14. The number of carbonyl (C=O) groups excluding carboxylic acids is 1. The molecule has 19 heavy (non-hydrogen) atoms. The summed E-state index contributed by atoms with van der Waals surface area (Å²) in [5.41, 5.74) is 0.562. The third-order valence-electron chi connectivity index (χ3n) is 2.61. The van der Waals surface area contributed by atoms with Crippen LogP contribution in [0.2, 0.25) is 0 Å². The van der Waals surface area contributed by atoms with Crippen molar-refractivity contribution in [2.75, 3.05) is 0 Å². The van der Waals surface area contributed by atoms with Crippen LogP contribution in [0, 0.1) is 5.82 Å². The number of Topliss-reactive ketones (excluding diaryl/α,β-unsaturated/α-hetero) is 1. The molecule has 0 fully saturated rings. The van der Waals surface area contributed by atoms with E-state index >= 15 is 0 Å². The molecule has 0 aliphatic heterocycles. The van der Waals surface area contributed by atoms with Gasteiger partial charge in [-0.1, -0.05) is 34.1 Å². The molecule has 2 nitrogen and oxygen atoms in total. The van der Waals surface area contributed by atoms with Crippen LogP contribution in [0.3, 0.4) is 0 Å². The van der Waals surface area contributed by atoms with Gasteiger partial charge in [-0.3, -0.25) is 4.79 Å². The Morgan fingerprint density at radius 1 is 1.21 bits per heavy atom. The fourth-order valence-corrected chi connectivity index (χ4v) is 1.91. The number of hydrogen-bond acceptors (Lipinski definition) is 2. The van der Waals surface area contributed by atoms with E-state index in [-0.39, 0.29) is 11.6 Å². The van der Waals surface area contributed by atoms with Crippen molar-refractivity contribution in [1.82, 2.24) is 0 Å². The molecule has 0 radical (unpaired) electrons. The summed E-state index contributed by atoms with van der Waals surface area (Å²) in [4.78, 5) is 12.1. The van der Waals surface area contributed by atoms with Crippen LogP contribution in [-0.4, -0.2) is 11.9 Å². The molecule has 0 heterocycles. The van der Waals surface area contributed by atoms with Crippen molar-refractivity contribution < 1.29 is 13.9 Å². The molecule has 1 atom stereocenters. The van der Waals surface area contributed by atoms with E-state index in [9.17, 15) is 9.18 Å². The van der Waals surface area contributed by atoms with Gasteiger partial charge in [0.2, 0.25) is 5.78 Å². The molecule has 4 heteroatoms. The minimum Gasteiger partial charge on any atom is -0.482 e. The molecule has 2 aromatic rings. The molecular formula is C15H12BrFO2. The van der Waals surface area contributed by atoms with Crippen LogP contribution in [0.25, 0.3) is 0 Å². The first-order chi connectivity index (χ1) is 9.06. The van der Waals surface area contributed by atoms with Crippen molar-refractivity contribution in [1.29, 1.82) is 0 Å². The molecule has 1 unspecified atom stereocenters. The zero-order valence-electron chi connectivity index (χ0n) is 10.3. The lowest BCUT2D eigenvalue weighted by Gasteiger charge is -2.13. The van der Waals surface area contributed by atoms with Gasteiger partial charge in [0.1, 0.15) is 11.6 Å². The van der Waals surface area contributed by atoms with Crippen LogP contribution in [0.5, 0.6) is 5.75 Å². The highest BCUT2D eigenvalue weighted by Gasteiger charge is 2.16. The van der Waals surface area contributed by atoms with Crippen molar-refractivity contribution in [2.24, 2.45) is 0 Å². The zero-order chi connectivity index (χ0) is 13.8. The van der Waals surface area contributed by atoms with Crippen LogP contribution in [0.15, 0.2) is 53.0 Å². The van der Waals surface area contributed by atoms with Gasteiger partial charge in [0.05, 0.1) is 0 Å². The lowest BCUT2D eigenvalue weighted by molar-refractivity contribution is 0.0817. The molecular weight excluding hydrogens is 311 g/mol. The number of halogens is 2. The first-order valence-electron chi connectivity index (χ1n) is 5.78. The highest BCUT2D eigenvalue weighted by Crippen LogP contribution is 2.17.